The van der Waals surface area contributed by atoms with Crippen molar-refractivity contribution in [2.45, 2.75) is 27.3 Å². The maximum atomic E-state index is 12.1. The Labute approximate surface area is 152 Å². The summed E-state index contributed by atoms with van der Waals surface area (Å²) in [7, 11) is 0. The minimum absolute atomic E-state index is 0.182. The highest BCUT2D eigenvalue weighted by Gasteiger charge is 2.16. The van der Waals surface area contributed by atoms with Crippen LogP contribution < -0.4 is 5.32 Å². The maximum absolute atomic E-state index is 12.1. The van der Waals surface area contributed by atoms with Crippen LogP contribution in [0, 0.1) is 30.9 Å². The third kappa shape index (κ3) is 3.75. The molecule has 0 saturated heterocycles. The molecule has 0 radical (unpaired) electrons. The number of benzene rings is 1. The lowest BCUT2D eigenvalue weighted by Crippen LogP contribution is -2.19. The van der Waals surface area contributed by atoms with Crippen LogP contribution in [0.3, 0.4) is 0 Å². The molecule has 10 heteroatoms. The van der Waals surface area contributed by atoms with Gasteiger partial charge in [0.15, 0.2) is 5.13 Å². The number of hydrogen-bond donors (Lipinski definition) is 1. The van der Waals surface area contributed by atoms with Gasteiger partial charge < -0.3 is 15.4 Å². The van der Waals surface area contributed by atoms with Gasteiger partial charge in [0.05, 0.1) is 5.69 Å². The van der Waals surface area contributed by atoms with Gasteiger partial charge in [-0.25, -0.2) is 4.98 Å². The summed E-state index contributed by atoms with van der Waals surface area (Å²) in [5.41, 5.74) is 5.30. The van der Waals surface area contributed by atoms with Gasteiger partial charge in [-0.05, 0) is 36.8 Å². The summed E-state index contributed by atoms with van der Waals surface area (Å²) in [5.74, 6) is -0.928. The third-order valence-corrected chi connectivity index (χ3v) is 4.43. The zero-order valence-electron chi connectivity index (χ0n) is 14.4. The number of aryl methyl sites for hydroxylation is 3. The number of anilines is 1. The van der Waals surface area contributed by atoms with Gasteiger partial charge in [0.1, 0.15) is 6.54 Å². The number of nitro groups is 1. The second kappa shape index (κ2) is 7.00. The molecule has 3 rings (SSSR count). The Kier molecular flexibility index (Phi) is 4.76. The zero-order valence-corrected chi connectivity index (χ0v) is 15.2. The van der Waals surface area contributed by atoms with Crippen molar-refractivity contribution in [3.05, 3.63) is 50.6 Å². The molecule has 0 aliphatic heterocycles. The van der Waals surface area contributed by atoms with E-state index in [4.69, 9.17) is 0 Å². The van der Waals surface area contributed by atoms with Gasteiger partial charge in [-0.3, -0.25) is 4.79 Å². The van der Waals surface area contributed by atoms with Crippen LogP contribution in [-0.2, 0) is 11.3 Å². The molecule has 0 saturated carbocycles. The van der Waals surface area contributed by atoms with Gasteiger partial charge in [-0.1, -0.05) is 22.7 Å². The smallest absolute Gasteiger partial charge is 0.390 e. The molecule has 9 nitrogen and oxygen atoms in total. The molecular formula is C16H16N6O3S. The predicted molar refractivity (Wildman–Crippen MR) is 97.1 cm³/mol. The van der Waals surface area contributed by atoms with E-state index in [0.29, 0.717) is 5.13 Å². The van der Waals surface area contributed by atoms with E-state index < -0.39 is 10.9 Å². The van der Waals surface area contributed by atoms with Gasteiger partial charge >= 0.3 is 5.95 Å². The normalized spacial score (nSPS) is 10.7. The molecule has 0 aliphatic carbocycles. The molecule has 0 fully saturated rings. The number of rotatable bonds is 5. The van der Waals surface area contributed by atoms with Crippen LogP contribution in [0.1, 0.15) is 16.7 Å². The first-order chi connectivity index (χ1) is 12.3. The summed E-state index contributed by atoms with van der Waals surface area (Å²) in [6, 6.07) is 4.19. The highest BCUT2D eigenvalue weighted by Crippen LogP contribution is 2.31. The molecule has 2 aromatic heterocycles. The first-order valence-corrected chi connectivity index (χ1v) is 8.59. The average Bonchev–Trinajstić information content (AvgIpc) is 3.16. The highest BCUT2D eigenvalue weighted by atomic mass is 32.1. The first kappa shape index (κ1) is 17.7. The first-order valence-electron chi connectivity index (χ1n) is 7.71. The summed E-state index contributed by atoms with van der Waals surface area (Å²) in [6.45, 7) is 5.93. The summed E-state index contributed by atoms with van der Waals surface area (Å²) >= 11 is 1.32. The Bertz CT molecular complexity index is 971. The van der Waals surface area contributed by atoms with Crippen LogP contribution in [0.15, 0.2) is 23.8 Å². The fraction of sp³-hybridized carbons (Fsp3) is 0.250. The van der Waals surface area contributed by atoms with Gasteiger partial charge in [-0.15, -0.1) is 11.3 Å². The number of amides is 1. The molecule has 0 bridgehead atoms. The molecule has 0 aliphatic rings. The molecule has 1 amide bonds. The van der Waals surface area contributed by atoms with Crippen molar-refractivity contribution in [2.75, 3.05) is 5.32 Å². The number of carbonyl (C=O) groups is 1. The Balaban J connectivity index is 1.72. The fourth-order valence-electron chi connectivity index (χ4n) is 2.78. The monoisotopic (exact) mass is 372 g/mol. The van der Waals surface area contributed by atoms with E-state index in [1.807, 2.05) is 26.2 Å². The van der Waals surface area contributed by atoms with Crippen molar-refractivity contribution in [3.8, 4) is 11.3 Å². The zero-order chi connectivity index (χ0) is 18.8. The third-order valence-electron chi connectivity index (χ3n) is 3.68. The van der Waals surface area contributed by atoms with Crippen molar-refractivity contribution < 1.29 is 9.72 Å². The van der Waals surface area contributed by atoms with E-state index in [1.165, 1.54) is 16.9 Å². The minimum Gasteiger partial charge on any atom is -0.390 e. The van der Waals surface area contributed by atoms with E-state index >= 15 is 0 Å². The van der Waals surface area contributed by atoms with Crippen molar-refractivity contribution >= 4 is 28.3 Å². The van der Waals surface area contributed by atoms with Gasteiger partial charge in [0, 0.05) is 16.0 Å². The number of nitrogens with one attached hydrogen (secondary N) is 1. The number of thiazole rings is 1. The molecule has 2 heterocycles. The van der Waals surface area contributed by atoms with Crippen LogP contribution in [0.4, 0.5) is 11.1 Å². The lowest BCUT2D eigenvalue weighted by Gasteiger charge is -2.08. The Hall–Kier alpha value is -3.14. The van der Waals surface area contributed by atoms with E-state index in [2.05, 4.69) is 32.5 Å². The number of hydrogen-bond acceptors (Lipinski definition) is 7. The van der Waals surface area contributed by atoms with Crippen LogP contribution >= 0.6 is 11.3 Å². The van der Waals surface area contributed by atoms with Crippen molar-refractivity contribution in [1.82, 2.24) is 19.7 Å². The summed E-state index contributed by atoms with van der Waals surface area (Å²) in [4.78, 5) is 29.9. The van der Waals surface area contributed by atoms with E-state index in [-0.39, 0.29) is 12.5 Å². The molecular weight excluding hydrogens is 356 g/mol. The van der Waals surface area contributed by atoms with Crippen LogP contribution in [0.2, 0.25) is 0 Å². The lowest BCUT2D eigenvalue weighted by atomic mass is 9.98. The molecule has 1 N–H and O–H groups in total. The van der Waals surface area contributed by atoms with Crippen LogP contribution in [0.25, 0.3) is 11.3 Å². The standard InChI is InChI=1S/C16H16N6O3S/c1-9-4-10(2)14(11(3)5-9)12-7-26-16(18-12)19-13(23)6-21-8-17-15(20-21)22(24)25/h4-5,7-8H,6H2,1-3H3,(H,18,19,23). The van der Waals surface area contributed by atoms with Gasteiger partial charge in [0.2, 0.25) is 12.2 Å². The molecule has 26 heavy (non-hydrogen) atoms. The van der Waals surface area contributed by atoms with Gasteiger partial charge in [0.25, 0.3) is 0 Å². The van der Waals surface area contributed by atoms with Crippen LogP contribution in [0.5, 0.6) is 0 Å². The Morgan fingerprint density at radius 1 is 1.31 bits per heavy atom. The highest BCUT2D eigenvalue weighted by molar-refractivity contribution is 7.14. The topological polar surface area (TPSA) is 116 Å². The number of carbonyl (C=O) groups excluding carboxylic acids is 1. The minimum atomic E-state index is -0.715. The summed E-state index contributed by atoms with van der Waals surface area (Å²) in [5, 5.41) is 19.2. The van der Waals surface area contributed by atoms with Crippen molar-refractivity contribution in [1.29, 1.82) is 0 Å². The lowest BCUT2D eigenvalue weighted by molar-refractivity contribution is -0.394. The second-order valence-corrected chi connectivity index (χ2v) is 6.72. The summed E-state index contributed by atoms with van der Waals surface area (Å²) < 4.78 is 1.11. The molecule has 3 aromatic rings. The van der Waals surface area contributed by atoms with Gasteiger partial charge in [-0.2, -0.15) is 4.68 Å². The SMILES string of the molecule is Cc1cc(C)c(-c2csc(NC(=O)Cn3cnc([N+](=O)[O-])n3)n2)c(C)c1. The maximum Gasteiger partial charge on any atom is 0.490 e. The molecule has 134 valence electrons. The van der Waals surface area contributed by atoms with Crippen LogP contribution in [-0.4, -0.2) is 30.6 Å². The Morgan fingerprint density at radius 3 is 2.62 bits per heavy atom. The fourth-order valence-corrected chi connectivity index (χ4v) is 3.50. The number of aromatic nitrogens is 4. The predicted octanol–water partition coefficient (Wildman–Crippen LogP) is 2.87. The molecule has 1 aromatic carbocycles. The number of nitrogens with zero attached hydrogens (tertiary/aromatic N) is 5. The van der Waals surface area contributed by atoms with Crippen molar-refractivity contribution in [3.63, 3.8) is 0 Å². The van der Waals surface area contributed by atoms with E-state index in [0.717, 1.165) is 33.4 Å². The molecule has 0 unspecified atom stereocenters. The second-order valence-electron chi connectivity index (χ2n) is 5.86. The van der Waals surface area contributed by atoms with E-state index in [1.54, 1.807) is 0 Å². The average molecular weight is 372 g/mol. The molecule has 0 atom stereocenters. The summed E-state index contributed by atoms with van der Waals surface area (Å²) in [6.07, 6.45) is 1.14. The van der Waals surface area contributed by atoms with E-state index in [9.17, 15) is 14.9 Å². The largest absolute Gasteiger partial charge is 0.490 e. The molecule has 0 spiro atoms. The Morgan fingerprint density at radius 2 is 2.00 bits per heavy atom. The van der Waals surface area contributed by atoms with Crippen molar-refractivity contribution in [2.24, 2.45) is 0 Å². The quantitative estimate of drug-likeness (QED) is 0.544.